The van der Waals surface area contributed by atoms with E-state index in [9.17, 15) is 0 Å². The van der Waals surface area contributed by atoms with Crippen molar-refractivity contribution in [2.45, 2.75) is 48.0 Å². The van der Waals surface area contributed by atoms with Crippen molar-refractivity contribution in [3.63, 3.8) is 0 Å². The van der Waals surface area contributed by atoms with Gasteiger partial charge in [-0.2, -0.15) is 0 Å². The van der Waals surface area contributed by atoms with Crippen LogP contribution in [0.25, 0.3) is 0 Å². The van der Waals surface area contributed by atoms with E-state index >= 15 is 0 Å². The summed E-state index contributed by atoms with van der Waals surface area (Å²) in [5.74, 6) is 0. The highest BCUT2D eigenvalue weighted by Crippen LogP contribution is 2.34. The number of hydrogen-bond donors (Lipinski definition) is 0. The van der Waals surface area contributed by atoms with Crippen LogP contribution in [0, 0.1) is 10.8 Å². The van der Waals surface area contributed by atoms with Crippen molar-refractivity contribution in [2.24, 2.45) is 10.8 Å². The lowest BCUT2D eigenvalue weighted by atomic mass is 9.80. The summed E-state index contributed by atoms with van der Waals surface area (Å²) in [5, 5.41) is 0. The molecule has 0 heteroatoms. The lowest BCUT2D eigenvalue weighted by Gasteiger charge is -2.25. The molecule has 0 atom stereocenters. The van der Waals surface area contributed by atoms with Crippen LogP contribution in [0.5, 0.6) is 0 Å². The van der Waals surface area contributed by atoms with Gasteiger partial charge in [-0.1, -0.05) is 65.8 Å². The lowest BCUT2D eigenvalue weighted by Crippen LogP contribution is -2.11. The molecule has 1 aliphatic carbocycles. The van der Waals surface area contributed by atoms with Crippen molar-refractivity contribution in [1.29, 1.82) is 0 Å². The molecule has 15 heavy (non-hydrogen) atoms. The molecule has 0 saturated carbocycles. The fourth-order valence-electron chi connectivity index (χ4n) is 1.65. The molecule has 0 saturated heterocycles. The summed E-state index contributed by atoms with van der Waals surface area (Å²) in [6, 6.07) is 0. The minimum absolute atomic E-state index is 0.241. The van der Waals surface area contributed by atoms with Gasteiger partial charge in [0.25, 0.3) is 0 Å². The molecule has 1 rings (SSSR count). The minimum Gasteiger partial charge on any atom is -0.0804 e. The van der Waals surface area contributed by atoms with Crippen LogP contribution in [0.1, 0.15) is 48.0 Å². The first-order valence-corrected chi connectivity index (χ1v) is 5.80. The van der Waals surface area contributed by atoms with Crippen molar-refractivity contribution in [3.05, 3.63) is 35.5 Å². The summed E-state index contributed by atoms with van der Waals surface area (Å²) in [5.41, 5.74) is 3.38. The van der Waals surface area contributed by atoms with Crippen LogP contribution in [0.15, 0.2) is 35.5 Å². The fourth-order valence-corrected chi connectivity index (χ4v) is 1.65. The highest BCUT2D eigenvalue weighted by molar-refractivity contribution is 5.39. The highest BCUT2D eigenvalue weighted by Gasteiger charge is 2.20. The topological polar surface area (TPSA) is 0 Å². The molecule has 84 valence electrons. The smallest absolute Gasteiger partial charge is 0.0132 e. The minimum atomic E-state index is 0.241. The zero-order valence-electron chi connectivity index (χ0n) is 11.0. The molecule has 0 aromatic heterocycles. The molecule has 0 aliphatic heterocycles. The lowest BCUT2D eigenvalue weighted by molar-refractivity contribution is 0.498. The summed E-state index contributed by atoms with van der Waals surface area (Å²) in [7, 11) is 0. The van der Waals surface area contributed by atoms with Crippen LogP contribution in [0.2, 0.25) is 0 Å². The van der Waals surface area contributed by atoms with E-state index in [-0.39, 0.29) is 10.8 Å². The maximum atomic E-state index is 2.36. The SMILES string of the molecule is CC(C)(C)C1=CCC=CC(C(C)(C)C)=C1. The van der Waals surface area contributed by atoms with E-state index in [1.807, 2.05) is 0 Å². The van der Waals surface area contributed by atoms with Crippen LogP contribution in [-0.2, 0) is 0 Å². The highest BCUT2D eigenvalue weighted by atomic mass is 14.3. The third kappa shape index (κ3) is 3.37. The molecule has 0 fully saturated rings. The molecule has 0 aromatic carbocycles. The van der Waals surface area contributed by atoms with Gasteiger partial charge in [0.05, 0.1) is 0 Å². The van der Waals surface area contributed by atoms with Gasteiger partial charge in [-0.3, -0.25) is 0 Å². The molecule has 0 heterocycles. The Balaban J connectivity index is 3.10. The van der Waals surface area contributed by atoms with E-state index in [0.717, 1.165) is 6.42 Å². The van der Waals surface area contributed by atoms with Crippen LogP contribution in [0.4, 0.5) is 0 Å². The summed E-state index contributed by atoms with van der Waals surface area (Å²) >= 11 is 0. The van der Waals surface area contributed by atoms with Crippen molar-refractivity contribution in [2.75, 3.05) is 0 Å². The molecule has 0 spiro atoms. The van der Waals surface area contributed by atoms with Crippen molar-refractivity contribution in [3.8, 4) is 0 Å². The van der Waals surface area contributed by atoms with E-state index < -0.39 is 0 Å². The Hall–Kier alpha value is -0.780. The van der Waals surface area contributed by atoms with Gasteiger partial charge in [0.2, 0.25) is 0 Å². The normalized spacial score (nSPS) is 18.3. The molecular weight excluding hydrogens is 180 g/mol. The van der Waals surface area contributed by atoms with E-state index in [1.54, 1.807) is 0 Å². The summed E-state index contributed by atoms with van der Waals surface area (Å²) in [6.45, 7) is 13.7. The zero-order chi connectivity index (χ0) is 11.7. The van der Waals surface area contributed by atoms with Crippen molar-refractivity contribution in [1.82, 2.24) is 0 Å². The summed E-state index contributed by atoms with van der Waals surface area (Å²) < 4.78 is 0. The van der Waals surface area contributed by atoms with E-state index in [2.05, 4.69) is 65.8 Å². The van der Waals surface area contributed by atoms with Gasteiger partial charge in [0, 0.05) is 0 Å². The predicted molar refractivity (Wildman–Crippen MR) is 68.8 cm³/mol. The Morgan fingerprint density at radius 2 is 1.40 bits per heavy atom. The Kier molecular flexibility index (Phi) is 3.28. The largest absolute Gasteiger partial charge is 0.0804 e. The Bertz CT molecular complexity index is 311. The van der Waals surface area contributed by atoms with Crippen molar-refractivity contribution < 1.29 is 0 Å². The van der Waals surface area contributed by atoms with E-state index in [4.69, 9.17) is 0 Å². The molecule has 1 aliphatic rings. The van der Waals surface area contributed by atoms with Crippen LogP contribution >= 0.6 is 0 Å². The zero-order valence-corrected chi connectivity index (χ0v) is 11.0. The van der Waals surface area contributed by atoms with Gasteiger partial charge in [-0.15, -0.1) is 0 Å². The van der Waals surface area contributed by atoms with Crippen molar-refractivity contribution >= 4 is 0 Å². The fraction of sp³-hybridized carbons (Fsp3) is 0.600. The standard InChI is InChI=1S/C15H24/c1-14(2,3)12-9-7-8-10-13(11-12)15(4,5)6/h7,9-11H,8H2,1-6H3. The van der Waals surface area contributed by atoms with Gasteiger partial charge in [-0.05, 0) is 28.4 Å². The quantitative estimate of drug-likeness (QED) is 0.527. The second kappa shape index (κ2) is 4.00. The molecule has 0 nitrogen and oxygen atoms in total. The van der Waals surface area contributed by atoms with Gasteiger partial charge >= 0.3 is 0 Å². The number of rotatable bonds is 0. The van der Waals surface area contributed by atoms with Gasteiger partial charge in [0.1, 0.15) is 0 Å². The second-order valence-corrected chi connectivity index (χ2v) is 6.40. The molecule has 0 unspecified atom stereocenters. The molecule has 0 N–H and O–H groups in total. The molecule has 0 aromatic rings. The average Bonchev–Trinajstić information content (AvgIpc) is 2.24. The average molecular weight is 204 g/mol. The van der Waals surface area contributed by atoms with Crippen LogP contribution < -0.4 is 0 Å². The monoisotopic (exact) mass is 204 g/mol. The van der Waals surface area contributed by atoms with Gasteiger partial charge in [0.15, 0.2) is 0 Å². The van der Waals surface area contributed by atoms with Gasteiger partial charge < -0.3 is 0 Å². The molecular formula is C15H24. The number of allylic oxidation sites excluding steroid dienone is 6. The predicted octanol–water partition coefficient (Wildman–Crippen LogP) is 4.89. The third-order valence-corrected chi connectivity index (χ3v) is 2.81. The van der Waals surface area contributed by atoms with Crippen LogP contribution in [0.3, 0.4) is 0 Å². The Labute approximate surface area is 94.8 Å². The Morgan fingerprint density at radius 3 is 1.87 bits per heavy atom. The van der Waals surface area contributed by atoms with E-state index in [1.165, 1.54) is 11.1 Å². The van der Waals surface area contributed by atoms with Crippen LogP contribution in [-0.4, -0.2) is 0 Å². The third-order valence-electron chi connectivity index (χ3n) is 2.81. The number of hydrogen-bond acceptors (Lipinski definition) is 0. The molecule has 0 radical (unpaired) electrons. The summed E-state index contributed by atoms with van der Waals surface area (Å²) in [4.78, 5) is 0. The molecule has 0 bridgehead atoms. The van der Waals surface area contributed by atoms with E-state index in [0.29, 0.717) is 0 Å². The first-order valence-electron chi connectivity index (χ1n) is 5.80. The molecule has 0 amide bonds. The first-order chi connectivity index (χ1) is 6.71. The second-order valence-electron chi connectivity index (χ2n) is 6.40. The Morgan fingerprint density at radius 1 is 0.867 bits per heavy atom. The first kappa shape index (κ1) is 12.3. The van der Waals surface area contributed by atoms with Gasteiger partial charge in [-0.25, -0.2) is 0 Å². The maximum Gasteiger partial charge on any atom is -0.0132 e. The summed E-state index contributed by atoms with van der Waals surface area (Å²) in [6.07, 6.45) is 10.3. The maximum absolute atomic E-state index is 2.36.